The molecule has 3 heterocycles. The Bertz CT molecular complexity index is 1470. The lowest BCUT2D eigenvalue weighted by atomic mass is 10.0. The van der Waals surface area contributed by atoms with Crippen molar-refractivity contribution >= 4 is 34.4 Å². The molecule has 1 saturated heterocycles. The zero-order valence-corrected chi connectivity index (χ0v) is 22.5. The number of nitrogens with one attached hydrogen (secondary N) is 3. The van der Waals surface area contributed by atoms with Crippen LogP contribution < -0.4 is 10.6 Å². The molecule has 38 heavy (non-hydrogen) atoms. The van der Waals surface area contributed by atoms with E-state index < -0.39 is 0 Å². The van der Waals surface area contributed by atoms with Crippen LogP contribution in [-0.4, -0.2) is 40.5 Å². The van der Waals surface area contributed by atoms with E-state index in [1.165, 1.54) is 24.9 Å². The minimum Gasteiger partial charge on any atom is -0.361 e. The minimum absolute atomic E-state index is 0.522. The number of H-pyrrole nitrogens is 1. The van der Waals surface area contributed by atoms with Crippen LogP contribution in [0.15, 0.2) is 54.9 Å². The van der Waals surface area contributed by atoms with Crippen molar-refractivity contribution in [3.8, 4) is 6.07 Å². The summed E-state index contributed by atoms with van der Waals surface area (Å²) in [6, 6.07) is 17.9. The summed E-state index contributed by atoms with van der Waals surface area (Å²) in [6.07, 6.45) is 10.4. The van der Waals surface area contributed by atoms with Gasteiger partial charge in [0.1, 0.15) is 6.07 Å². The highest BCUT2D eigenvalue weighted by atomic mass is 15.2. The summed E-state index contributed by atoms with van der Waals surface area (Å²) in [6.45, 7) is 10.6. The third kappa shape index (κ3) is 5.65. The van der Waals surface area contributed by atoms with E-state index in [2.05, 4.69) is 100 Å². The van der Waals surface area contributed by atoms with Crippen molar-refractivity contribution in [3.63, 3.8) is 0 Å². The average Bonchev–Trinajstić information content (AvgIpc) is 3.58. The number of hydrogen-bond donors (Lipinski definition) is 3. The Morgan fingerprint density at radius 1 is 1.13 bits per heavy atom. The molecule has 3 N–H and O–H groups in total. The first-order chi connectivity index (χ1) is 18.5. The minimum atomic E-state index is 0.522. The lowest BCUT2D eigenvalue weighted by Gasteiger charge is -2.20. The smallest absolute Gasteiger partial charge is 0.103 e. The molecule has 2 aromatic carbocycles. The van der Waals surface area contributed by atoms with Gasteiger partial charge in [-0.3, -0.25) is 9.88 Å². The van der Waals surface area contributed by atoms with E-state index in [0.717, 1.165) is 70.3 Å². The van der Waals surface area contributed by atoms with Gasteiger partial charge in [-0.05, 0) is 75.0 Å². The van der Waals surface area contributed by atoms with Crippen molar-refractivity contribution in [1.29, 1.82) is 5.26 Å². The second-order valence-electron chi connectivity index (χ2n) is 10.2. The van der Waals surface area contributed by atoms with Crippen molar-refractivity contribution < 1.29 is 0 Å². The van der Waals surface area contributed by atoms with Gasteiger partial charge in [-0.2, -0.15) is 5.26 Å². The number of likely N-dealkylation sites (tertiary alicyclic amines) is 1. The summed E-state index contributed by atoms with van der Waals surface area (Å²) < 4.78 is 0. The van der Waals surface area contributed by atoms with Gasteiger partial charge in [0.2, 0.25) is 0 Å². The molecule has 1 aliphatic rings. The number of aromatic amines is 1. The van der Waals surface area contributed by atoms with Gasteiger partial charge >= 0.3 is 0 Å². The molecule has 0 spiro atoms. The molecule has 1 aliphatic heterocycles. The fourth-order valence-corrected chi connectivity index (χ4v) is 5.31. The predicted molar refractivity (Wildman–Crippen MR) is 157 cm³/mol. The van der Waals surface area contributed by atoms with Crippen molar-refractivity contribution in [3.05, 3.63) is 88.4 Å². The lowest BCUT2D eigenvalue weighted by Crippen LogP contribution is -2.34. The Kier molecular flexibility index (Phi) is 7.88. The van der Waals surface area contributed by atoms with E-state index in [1.54, 1.807) is 6.20 Å². The highest BCUT2D eigenvalue weighted by Gasteiger charge is 2.19. The van der Waals surface area contributed by atoms with Crippen LogP contribution in [0.2, 0.25) is 0 Å². The van der Waals surface area contributed by atoms with E-state index in [-0.39, 0.29) is 0 Å². The molecule has 0 radical (unpaired) electrons. The Morgan fingerprint density at radius 3 is 2.74 bits per heavy atom. The van der Waals surface area contributed by atoms with Gasteiger partial charge in [0, 0.05) is 65.9 Å². The van der Waals surface area contributed by atoms with Gasteiger partial charge in [-0.15, -0.1) is 0 Å². The number of benzene rings is 2. The van der Waals surface area contributed by atoms with Gasteiger partial charge in [-0.1, -0.05) is 36.4 Å². The predicted octanol–water partition coefficient (Wildman–Crippen LogP) is 6.54. The Hall–Kier alpha value is -3.92. The molecule has 6 heteroatoms. The Balaban J connectivity index is 1.29. The maximum Gasteiger partial charge on any atom is 0.103 e. The summed E-state index contributed by atoms with van der Waals surface area (Å²) in [5, 5.41) is 18.1. The van der Waals surface area contributed by atoms with Crippen LogP contribution in [-0.2, 0) is 6.54 Å². The van der Waals surface area contributed by atoms with E-state index in [4.69, 9.17) is 0 Å². The van der Waals surface area contributed by atoms with Crippen molar-refractivity contribution in [1.82, 2.24) is 20.2 Å². The van der Waals surface area contributed by atoms with Gasteiger partial charge in [0.15, 0.2) is 0 Å². The molecule has 0 aliphatic carbocycles. The lowest BCUT2D eigenvalue weighted by molar-refractivity contribution is 0.268. The van der Waals surface area contributed by atoms with Gasteiger partial charge < -0.3 is 15.6 Å². The zero-order valence-electron chi connectivity index (χ0n) is 22.5. The van der Waals surface area contributed by atoms with Crippen molar-refractivity contribution in [2.45, 2.75) is 46.2 Å². The number of fused-ring (bicyclic) bond motifs is 1. The van der Waals surface area contributed by atoms with Crippen LogP contribution in [0.4, 0.5) is 11.4 Å². The number of rotatable bonds is 9. The maximum absolute atomic E-state index is 9.83. The average molecular weight is 505 g/mol. The standard InChI is InChI=1S/C32H36N6/c1-22-5-4-17-38(22)18-16-34-20-26-8-6-25(7-9-26)10-11-29-24(3)36-21-27(19-33)32(29)37-30-12-13-31-28(23(30)2)14-15-35-31/h6-15,21-22,34-35H,4-5,16-18,20H2,1-3H3,(H,36,37). The Labute approximate surface area is 225 Å². The number of pyridine rings is 1. The van der Waals surface area contributed by atoms with Crippen molar-refractivity contribution in [2.75, 3.05) is 25.0 Å². The van der Waals surface area contributed by atoms with Gasteiger partial charge in [0.25, 0.3) is 0 Å². The van der Waals surface area contributed by atoms with Crippen LogP contribution in [0.5, 0.6) is 0 Å². The molecule has 1 fully saturated rings. The first kappa shape index (κ1) is 25.7. The molecule has 1 unspecified atom stereocenters. The van der Waals surface area contributed by atoms with Crippen LogP contribution in [0.1, 0.15) is 53.3 Å². The summed E-state index contributed by atoms with van der Waals surface area (Å²) in [5.74, 6) is 0. The van der Waals surface area contributed by atoms with Crippen molar-refractivity contribution in [2.24, 2.45) is 0 Å². The van der Waals surface area contributed by atoms with E-state index in [0.29, 0.717) is 5.56 Å². The van der Waals surface area contributed by atoms with Gasteiger partial charge in [0.05, 0.1) is 11.3 Å². The molecule has 0 saturated carbocycles. The number of aryl methyl sites for hydroxylation is 2. The Morgan fingerprint density at radius 2 is 1.97 bits per heavy atom. The number of aromatic nitrogens is 2. The molecule has 1 atom stereocenters. The highest BCUT2D eigenvalue weighted by molar-refractivity contribution is 5.90. The fraction of sp³-hybridized carbons (Fsp3) is 0.312. The molecule has 0 amide bonds. The summed E-state index contributed by atoms with van der Waals surface area (Å²) >= 11 is 0. The third-order valence-electron chi connectivity index (χ3n) is 7.72. The normalized spacial score (nSPS) is 15.9. The maximum atomic E-state index is 9.83. The molecule has 0 bridgehead atoms. The highest BCUT2D eigenvalue weighted by Crippen LogP contribution is 2.32. The first-order valence-corrected chi connectivity index (χ1v) is 13.5. The molecular formula is C32H36N6. The fourth-order valence-electron chi connectivity index (χ4n) is 5.31. The number of anilines is 2. The van der Waals surface area contributed by atoms with Crippen LogP contribution in [0.3, 0.4) is 0 Å². The number of nitriles is 1. The van der Waals surface area contributed by atoms with Gasteiger partial charge in [-0.25, -0.2) is 0 Å². The van der Waals surface area contributed by atoms with Crippen LogP contribution in [0, 0.1) is 25.2 Å². The number of hydrogen-bond acceptors (Lipinski definition) is 5. The molecule has 6 nitrogen and oxygen atoms in total. The molecular weight excluding hydrogens is 468 g/mol. The SMILES string of the molecule is Cc1ncc(C#N)c(Nc2ccc3[nH]ccc3c2C)c1C=Cc1ccc(CNCCN2CCCC2C)cc1. The number of nitrogens with zero attached hydrogens (tertiary/aromatic N) is 3. The van der Waals surface area contributed by atoms with Crippen LogP contribution in [0.25, 0.3) is 23.1 Å². The van der Waals surface area contributed by atoms with E-state index in [9.17, 15) is 5.26 Å². The third-order valence-corrected chi connectivity index (χ3v) is 7.72. The second-order valence-corrected chi connectivity index (χ2v) is 10.2. The summed E-state index contributed by atoms with van der Waals surface area (Å²) in [5.41, 5.74) is 8.68. The molecule has 5 rings (SSSR count). The molecule has 194 valence electrons. The van der Waals surface area contributed by atoms with Crippen LogP contribution >= 0.6 is 0 Å². The largest absolute Gasteiger partial charge is 0.361 e. The van der Waals surface area contributed by atoms with E-state index >= 15 is 0 Å². The molecule has 2 aromatic heterocycles. The zero-order chi connectivity index (χ0) is 26.5. The summed E-state index contributed by atoms with van der Waals surface area (Å²) in [7, 11) is 0. The first-order valence-electron chi connectivity index (χ1n) is 13.5. The molecule has 4 aromatic rings. The monoisotopic (exact) mass is 504 g/mol. The quantitative estimate of drug-likeness (QED) is 0.226. The second kappa shape index (κ2) is 11.6. The van der Waals surface area contributed by atoms with E-state index in [1.807, 2.05) is 13.1 Å². The summed E-state index contributed by atoms with van der Waals surface area (Å²) in [4.78, 5) is 10.3. The topological polar surface area (TPSA) is 79.8 Å².